The zero-order valence-corrected chi connectivity index (χ0v) is 6.66. The molecule has 4 nitrogen and oxygen atoms in total. The minimum atomic E-state index is -0.560. The van der Waals surface area contributed by atoms with E-state index in [9.17, 15) is 9.59 Å². The average Bonchev–Trinajstić information content (AvgIpc) is 2.26. The Kier molecular flexibility index (Phi) is 2.12. The van der Waals surface area contributed by atoms with E-state index >= 15 is 0 Å². The lowest BCUT2D eigenvalue weighted by Gasteiger charge is -2.08. The van der Waals surface area contributed by atoms with Gasteiger partial charge in [0.15, 0.2) is 0 Å². The van der Waals surface area contributed by atoms with Gasteiger partial charge in [0.1, 0.15) is 5.92 Å². The van der Waals surface area contributed by atoms with Crippen molar-refractivity contribution in [2.24, 2.45) is 5.92 Å². The molecule has 1 unspecified atom stereocenters. The zero-order valence-electron chi connectivity index (χ0n) is 6.66. The number of hydrogen-bond acceptors (Lipinski definition) is 3. The number of hydrogen-bond donors (Lipinski definition) is 0. The maximum atomic E-state index is 11.2. The van der Waals surface area contributed by atoms with Crippen molar-refractivity contribution in [3.63, 3.8) is 0 Å². The summed E-state index contributed by atoms with van der Waals surface area (Å²) in [5.74, 6) is -1.19. The second-order valence-electron chi connectivity index (χ2n) is 2.40. The van der Waals surface area contributed by atoms with Crippen molar-refractivity contribution >= 4 is 11.9 Å². The summed E-state index contributed by atoms with van der Waals surface area (Å²) >= 11 is 0. The number of rotatable bonds is 2. The van der Waals surface area contributed by atoms with Crippen molar-refractivity contribution in [2.45, 2.75) is 20.3 Å². The van der Waals surface area contributed by atoms with Gasteiger partial charge in [-0.15, -0.1) is 0 Å². The SMILES string of the molecule is CCC1C(=O)ON(CC)C1=O. The third-order valence-corrected chi connectivity index (χ3v) is 1.72. The minimum Gasteiger partial charge on any atom is -0.337 e. The van der Waals surface area contributed by atoms with Crippen LogP contribution >= 0.6 is 0 Å². The summed E-state index contributed by atoms with van der Waals surface area (Å²) in [6.45, 7) is 3.99. The van der Waals surface area contributed by atoms with Crippen molar-refractivity contribution in [3.8, 4) is 0 Å². The quantitative estimate of drug-likeness (QED) is 0.543. The molecule has 1 rings (SSSR count). The molecule has 1 aliphatic heterocycles. The Labute approximate surface area is 65.1 Å². The molecule has 62 valence electrons. The molecule has 1 atom stereocenters. The maximum Gasteiger partial charge on any atom is 0.345 e. The van der Waals surface area contributed by atoms with Crippen molar-refractivity contribution < 1.29 is 14.4 Å². The summed E-state index contributed by atoms with van der Waals surface area (Å²) in [4.78, 5) is 26.7. The fourth-order valence-corrected chi connectivity index (χ4v) is 1.05. The van der Waals surface area contributed by atoms with Crippen molar-refractivity contribution in [1.82, 2.24) is 5.06 Å². The van der Waals surface area contributed by atoms with E-state index in [2.05, 4.69) is 4.84 Å². The molecular formula is C7H11NO3. The molecule has 1 fully saturated rings. The Morgan fingerprint density at radius 3 is 2.36 bits per heavy atom. The second-order valence-corrected chi connectivity index (χ2v) is 2.40. The Hall–Kier alpha value is -1.06. The molecule has 0 spiro atoms. The van der Waals surface area contributed by atoms with Crippen LogP contribution in [-0.4, -0.2) is 23.5 Å². The molecule has 0 aliphatic carbocycles. The van der Waals surface area contributed by atoms with Gasteiger partial charge in [0.25, 0.3) is 5.91 Å². The van der Waals surface area contributed by atoms with Gasteiger partial charge in [-0.1, -0.05) is 6.92 Å². The van der Waals surface area contributed by atoms with Crippen LogP contribution in [0.2, 0.25) is 0 Å². The summed E-state index contributed by atoms with van der Waals surface area (Å²) < 4.78 is 0. The van der Waals surface area contributed by atoms with Gasteiger partial charge in [-0.25, -0.2) is 4.79 Å². The Morgan fingerprint density at radius 1 is 1.45 bits per heavy atom. The van der Waals surface area contributed by atoms with Gasteiger partial charge in [0, 0.05) is 0 Å². The number of amides is 1. The highest BCUT2D eigenvalue weighted by Gasteiger charge is 2.39. The first-order chi connectivity index (χ1) is 5.20. The first-order valence-corrected chi connectivity index (χ1v) is 3.73. The predicted molar refractivity (Wildman–Crippen MR) is 37.3 cm³/mol. The Balaban J connectivity index is 2.71. The first-order valence-electron chi connectivity index (χ1n) is 3.73. The Morgan fingerprint density at radius 2 is 2.09 bits per heavy atom. The second kappa shape index (κ2) is 2.90. The highest BCUT2D eigenvalue weighted by Crippen LogP contribution is 2.18. The van der Waals surface area contributed by atoms with Gasteiger partial charge in [0.2, 0.25) is 0 Å². The van der Waals surface area contributed by atoms with Crippen LogP contribution in [0.1, 0.15) is 20.3 Å². The summed E-state index contributed by atoms with van der Waals surface area (Å²) in [5.41, 5.74) is 0. The van der Waals surface area contributed by atoms with Gasteiger partial charge in [-0.05, 0) is 13.3 Å². The van der Waals surface area contributed by atoms with E-state index in [4.69, 9.17) is 0 Å². The summed E-state index contributed by atoms with van der Waals surface area (Å²) in [6, 6.07) is 0. The molecule has 0 saturated carbocycles. The van der Waals surface area contributed by atoms with Crippen LogP contribution in [0.25, 0.3) is 0 Å². The Bertz CT molecular complexity index is 190. The molecule has 0 aromatic rings. The predicted octanol–water partition coefficient (Wildman–Crippen LogP) is 0.333. The molecule has 0 aromatic carbocycles. The van der Waals surface area contributed by atoms with E-state index in [-0.39, 0.29) is 5.91 Å². The number of nitrogens with zero attached hydrogens (tertiary/aromatic N) is 1. The lowest BCUT2D eigenvalue weighted by molar-refractivity contribution is -0.177. The van der Waals surface area contributed by atoms with Crippen LogP contribution in [0.5, 0.6) is 0 Å². The molecule has 11 heavy (non-hydrogen) atoms. The molecule has 1 amide bonds. The summed E-state index contributed by atoms with van der Waals surface area (Å²) in [6.07, 6.45) is 0.522. The highest BCUT2D eigenvalue weighted by molar-refractivity contribution is 6.01. The first kappa shape index (κ1) is 8.04. The minimum absolute atomic E-state index is 0.208. The highest BCUT2D eigenvalue weighted by atomic mass is 16.7. The maximum absolute atomic E-state index is 11.2. The zero-order chi connectivity index (χ0) is 8.43. The molecule has 0 N–H and O–H groups in total. The monoisotopic (exact) mass is 157 g/mol. The van der Waals surface area contributed by atoms with E-state index in [1.54, 1.807) is 13.8 Å². The molecule has 0 radical (unpaired) electrons. The number of carbonyl (C=O) groups is 2. The van der Waals surface area contributed by atoms with E-state index in [0.29, 0.717) is 13.0 Å². The molecule has 1 aliphatic rings. The van der Waals surface area contributed by atoms with Gasteiger partial charge in [-0.2, -0.15) is 5.06 Å². The number of carbonyl (C=O) groups excluding carboxylic acids is 2. The normalized spacial score (nSPS) is 24.2. The topological polar surface area (TPSA) is 46.6 Å². The van der Waals surface area contributed by atoms with Crippen LogP contribution < -0.4 is 0 Å². The molecule has 0 bridgehead atoms. The van der Waals surface area contributed by atoms with Crippen LogP contribution in [-0.2, 0) is 14.4 Å². The smallest absolute Gasteiger partial charge is 0.337 e. The van der Waals surface area contributed by atoms with E-state index in [1.807, 2.05) is 0 Å². The van der Waals surface area contributed by atoms with Crippen molar-refractivity contribution in [2.75, 3.05) is 6.54 Å². The summed E-state index contributed by atoms with van der Waals surface area (Å²) in [7, 11) is 0. The fraction of sp³-hybridized carbons (Fsp3) is 0.714. The van der Waals surface area contributed by atoms with Gasteiger partial charge >= 0.3 is 5.97 Å². The van der Waals surface area contributed by atoms with E-state index in [0.717, 1.165) is 5.06 Å². The van der Waals surface area contributed by atoms with Crippen LogP contribution in [0, 0.1) is 5.92 Å². The largest absolute Gasteiger partial charge is 0.345 e. The average molecular weight is 157 g/mol. The number of hydroxylamine groups is 2. The third-order valence-electron chi connectivity index (χ3n) is 1.72. The van der Waals surface area contributed by atoms with Gasteiger partial charge < -0.3 is 4.84 Å². The van der Waals surface area contributed by atoms with Crippen LogP contribution in [0.3, 0.4) is 0 Å². The van der Waals surface area contributed by atoms with Crippen LogP contribution in [0.15, 0.2) is 0 Å². The lowest BCUT2D eigenvalue weighted by atomic mass is 10.1. The molecule has 0 aromatic heterocycles. The molecular weight excluding hydrogens is 146 g/mol. The molecule has 4 heteroatoms. The van der Waals surface area contributed by atoms with E-state index < -0.39 is 11.9 Å². The molecule has 1 saturated heterocycles. The van der Waals surface area contributed by atoms with Crippen molar-refractivity contribution in [1.29, 1.82) is 0 Å². The van der Waals surface area contributed by atoms with Gasteiger partial charge in [-0.3, -0.25) is 4.79 Å². The van der Waals surface area contributed by atoms with Crippen LogP contribution in [0.4, 0.5) is 0 Å². The van der Waals surface area contributed by atoms with E-state index in [1.165, 1.54) is 0 Å². The standard InChI is InChI=1S/C7H11NO3/c1-3-5-6(9)8(4-2)11-7(5)10/h5H,3-4H2,1-2H3. The van der Waals surface area contributed by atoms with Gasteiger partial charge in [0.05, 0.1) is 6.54 Å². The lowest BCUT2D eigenvalue weighted by Crippen LogP contribution is -2.25. The molecule has 1 heterocycles. The van der Waals surface area contributed by atoms with Crippen molar-refractivity contribution in [3.05, 3.63) is 0 Å². The third kappa shape index (κ3) is 1.20. The summed E-state index contributed by atoms with van der Waals surface area (Å²) in [5, 5.41) is 1.11. The fourth-order valence-electron chi connectivity index (χ4n) is 1.05.